The first kappa shape index (κ1) is 13.9. The summed E-state index contributed by atoms with van der Waals surface area (Å²) < 4.78 is 0. The van der Waals surface area contributed by atoms with Gasteiger partial charge in [-0.15, -0.1) is 0 Å². The van der Waals surface area contributed by atoms with E-state index < -0.39 is 0 Å². The van der Waals surface area contributed by atoms with Crippen LogP contribution in [-0.2, 0) is 12.8 Å². The highest BCUT2D eigenvalue weighted by Crippen LogP contribution is 2.22. The number of hydrogen-bond donors (Lipinski definition) is 2. The molecule has 23 heavy (non-hydrogen) atoms. The molecule has 4 aromatic heterocycles. The van der Waals surface area contributed by atoms with Crippen molar-refractivity contribution in [3.8, 4) is 0 Å². The zero-order valence-electron chi connectivity index (χ0n) is 13.2. The predicted octanol–water partition coefficient (Wildman–Crippen LogP) is 3.14. The van der Waals surface area contributed by atoms with Gasteiger partial charge in [0.05, 0.1) is 0 Å². The van der Waals surface area contributed by atoms with Gasteiger partial charge in [0, 0.05) is 47.7 Å². The maximum absolute atomic E-state index is 4.65. The Bertz CT molecular complexity index is 934. The Labute approximate surface area is 133 Å². The lowest BCUT2D eigenvalue weighted by Gasteiger charge is -2.08. The van der Waals surface area contributed by atoms with Crippen LogP contribution < -0.4 is 0 Å². The summed E-state index contributed by atoms with van der Waals surface area (Å²) in [5.74, 6) is 1.11. The molecule has 0 fully saturated rings. The smallest absolute Gasteiger partial charge is 0.156 e. The fraction of sp³-hybridized carbons (Fsp3) is 0.294. The van der Waals surface area contributed by atoms with Gasteiger partial charge in [0.15, 0.2) is 5.65 Å². The van der Waals surface area contributed by atoms with E-state index in [2.05, 4.69) is 55.9 Å². The van der Waals surface area contributed by atoms with Gasteiger partial charge in [0.25, 0.3) is 0 Å². The molecule has 0 amide bonds. The van der Waals surface area contributed by atoms with Crippen molar-refractivity contribution in [2.75, 3.05) is 0 Å². The van der Waals surface area contributed by atoms with Gasteiger partial charge in [-0.3, -0.25) is 4.98 Å². The first-order chi connectivity index (χ1) is 11.2. The van der Waals surface area contributed by atoms with Gasteiger partial charge in [-0.1, -0.05) is 13.8 Å². The van der Waals surface area contributed by atoms with Crippen molar-refractivity contribution in [1.29, 1.82) is 0 Å². The Hall–Kier alpha value is -2.76. The molecule has 0 saturated carbocycles. The third kappa shape index (κ3) is 2.56. The predicted molar refractivity (Wildman–Crippen MR) is 89.3 cm³/mol. The average molecular weight is 306 g/mol. The van der Waals surface area contributed by atoms with Crippen LogP contribution in [0.15, 0.2) is 30.7 Å². The molecular weight excluding hydrogens is 288 g/mol. The Morgan fingerprint density at radius 2 is 1.91 bits per heavy atom. The van der Waals surface area contributed by atoms with E-state index in [-0.39, 0.29) is 5.92 Å². The van der Waals surface area contributed by atoms with Gasteiger partial charge in [0.1, 0.15) is 17.0 Å². The Kier molecular flexibility index (Phi) is 3.29. The zero-order valence-corrected chi connectivity index (χ0v) is 13.2. The van der Waals surface area contributed by atoms with Crippen molar-refractivity contribution in [1.82, 2.24) is 29.9 Å². The molecule has 4 aromatic rings. The summed E-state index contributed by atoms with van der Waals surface area (Å²) in [6, 6.07) is 4.16. The minimum atomic E-state index is 0.268. The summed E-state index contributed by atoms with van der Waals surface area (Å²) in [6.07, 6.45) is 7.04. The maximum atomic E-state index is 4.65. The number of nitrogens with zero attached hydrogens (tertiary/aromatic N) is 4. The molecule has 6 heteroatoms. The molecule has 0 aliphatic rings. The van der Waals surface area contributed by atoms with Gasteiger partial charge >= 0.3 is 0 Å². The third-order valence-corrected chi connectivity index (χ3v) is 4.16. The van der Waals surface area contributed by atoms with E-state index >= 15 is 0 Å². The lowest BCUT2D eigenvalue weighted by Crippen LogP contribution is -2.03. The number of aromatic nitrogens is 6. The first-order valence-electron chi connectivity index (χ1n) is 7.86. The van der Waals surface area contributed by atoms with Crippen LogP contribution in [0.1, 0.15) is 37.0 Å². The fourth-order valence-corrected chi connectivity index (χ4v) is 2.82. The number of rotatable bonds is 4. The second-order valence-electron chi connectivity index (χ2n) is 5.86. The molecule has 2 N–H and O–H groups in total. The van der Waals surface area contributed by atoms with E-state index in [4.69, 9.17) is 0 Å². The normalized spacial score (nSPS) is 13.0. The van der Waals surface area contributed by atoms with Crippen LogP contribution in [0.4, 0.5) is 0 Å². The number of hydrogen-bond acceptors (Lipinski definition) is 4. The van der Waals surface area contributed by atoms with Crippen LogP contribution >= 0.6 is 0 Å². The van der Waals surface area contributed by atoms with Crippen LogP contribution in [-0.4, -0.2) is 29.9 Å². The fourth-order valence-electron chi connectivity index (χ4n) is 2.82. The summed E-state index contributed by atoms with van der Waals surface area (Å²) in [4.78, 5) is 24.4. The number of fused-ring (bicyclic) bond motifs is 2. The summed E-state index contributed by atoms with van der Waals surface area (Å²) in [6.45, 7) is 4.28. The molecule has 1 atom stereocenters. The summed E-state index contributed by atoms with van der Waals surface area (Å²) in [5.41, 5.74) is 4.92. The van der Waals surface area contributed by atoms with E-state index in [1.54, 1.807) is 12.4 Å². The number of aromatic amines is 2. The number of aryl methyl sites for hydroxylation is 1. The van der Waals surface area contributed by atoms with Crippen molar-refractivity contribution < 1.29 is 0 Å². The molecule has 0 bridgehead atoms. The topological polar surface area (TPSA) is 83.1 Å². The summed E-state index contributed by atoms with van der Waals surface area (Å²) >= 11 is 0. The number of nitrogens with one attached hydrogen (secondary N) is 2. The largest absolute Gasteiger partial charge is 0.343 e. The standard InChI is InChI=1S/C17H18N6/c1-3-12-7-11-9-20-15(23-16(11)21-12)6-10(2)13-8-14-17(22-13)19-5-4-18-14/h4-5,7-10H,3,6H2,1-2H3,(H,19,22)(H,20,21,23). The molecule has 0 aliphatic carbocycles. The van der Waals surface area contributed by atoms with Gasteiger partial charge in [-0.25, -0.2) is 15.0 Å². The molecule has 4 rings (SSSR count). The van der Waals surface area contributed by atoms with E-state index in [0.29, 0.717) is 0 Å². The summed E-state index contributed by atoms with van der Waals surface area (Å²) in [7, 11) is 0. The molecule has 0 spiro atoms. The highest BCUT2D eigenvalue weighted by atomic mass is 15.0. The lowest BCUT2D eigenvalue weighted by atomic mass is 10.0. The molecule has 0 radical (unpaired) electrons. The van der Waals surface area contributed by atoms with Crippen molar-refractivity contribution in [3.63, 3.8) is 0 Å². The Morgan fingerprint density at radius 1 is 1.04 bits per heavy atom. The minimum absolute atomic E-state index is 0.268. The van der Waals surface area contributed by atoms with Crippen LogP contribution in [0, 0.1) is 0 Å². The maximum Gasteiger partial charge on any atom is 0.156 e. The molecule has 0 saturated heterocycles. The molecule has 116 valence electrons. The van der Waals surface area contributed by atoms with Crippen LogP contribution in [0.5, 0.6) is 0 Å². The third-order valence-electron chi connectivity index (χ3n) is 4.16. The first-order valence-corrected chi connectivity index (χ1v) is 7.86. The van der Waals surface area contributed by atoms with Crippen molar-refractivity contribution in [2.24, 2.45) is 0 Å². The van der Waals surface area contributed by atoms with Crippen molar-refractivity contribution >= 4 is 22.2 Å². The van der Waals surface area contributed by atoms with E-state index in [1.807, 2.05) is 6.20 Å². The molecule has 0 aromatic carbocycles. The summed E-state index contributed by atoms with van der Waals surface area (Å²) in [5, 5.41) is 1.07. The highest BCUT2D eigenvalue weighted by molar-refractivity contribution is 5.75. The molecule has 4 heterocycles. The SMILES string of the molecule is CCc1cc2cnc(CC(C)c3cc4nccnc4[nH]3)nc2[nH]1. The minimum Gasteiger partial charge on any atom is -0.343 e. The van der Waals surface area contributed by atoms with Crippen molar-refractivity contribution in [2.45, 2.75) is 32.6 Å². The van der Waals surface area contributed by atoms with Gasteiger partial charge < -0.3 is 9.97 Å². The van der Waals surface area contributed by atoms with Gasteiger partial charge in [-0.2, -0.15) is 0 Å². The molecule has 6 nitrogen and oxygen atoms in total. The van der Waals surface area contributed by atoms with Crippen LogP contribution in [0.2, 0.25) is 0 Å². The zero-order chi connectivity index (χ0) is 15.8. The van der Waals surface area contributed by atoms with Crippen LogP contribution in [0.25, 0.3) is 22.2 Å². The molecule has 1 unspecified atom stereocenters. The quantitative estimate of drug-likeness (QED) is 0.606. The van der Waals surface area contributed by atoms with Gasteiger partial charge in [0.2, 0.25) is 0 Å². The Morgan fingerprint density at radius 3 is 2.74 bits per heavy atom. The van der Waals surface area contributed by atoms with E-state index in [9.17, 15) is 0 Å². The average Bonchev–Trinajstić information content (AvgIpc) is 3.17. The van der Waals surface area contributed by atoms with Crippen LogP contribution in [0.3, 0.4) is 0 Å². The van der Waals surface area contributed by atoms with Gasteiger partial charge in [-0.05, 0) is 18.6 Å². The molecule has 0 aliphatic heterocycles. The monoisotopic (exact) mass is 306 g/mol. The second-order valence-corrected chi connectivity index (χ2v) is 5.86. The second kappa shape index (κ2) is 5.46. The van der Waals surface area contributed by atoms with Crippen molar-refractivity contribution in [3.05, 3.63) is 47.9 Å². The molecular formula is C17H18N6. The van der Waals surface area contributed by atoms with E-state index in [1.165, 1.54) is 5.69 Å². The highest BCUT2D eigenvalue weighted by Gasteiger charge is 2.13. The lowest BCUT2D eigenvalue weighted by molar-refractivity contribution is 0.704. The van der Waals surface area contributed by atoms with E-state index in [0.717, 1.165) is 46.6 Å². The Balaban J connectivity index is 1.61. The number of H-pyrrole nitrogens is 2.